The van der Waals surface area contributed by atoms with Crippen LogP contribution in [0.3, 0.4) is 0 Å². The summed E-state index contributed by atoms with van der Waals surface area (Å²) < 4.78 is 0. The first kappa shape index (κ1) is 19.7. The summed E-state index contributed by atoms with van der Waals surface area (Å²) in [7, 11) is 0. The molecule has 0 aliphatic carbocycles. The molecule has 0 saturated heterocycles. The van der Waals surface area contributed by atoms with E-state index in [1.54, 1.807) is 0 Å². The molecule has 0 fully saturated rings. The van der Waals surface area contributed by atoms with Crippen molar-refractivity contribution in [3.05, 3.63) is 112 Å². The Labute approximate surface area is 157 Å². The molecule has 6 nitrogen and oxygen atoms in total. The predicted octanol–water partition coefficient (Wildman–Crippen LogP) is 2.94. The van der Waals surface area contributed by atoms with Crippen LogP contribution in [0.25, 0.3) is 10.4 Å². The first-order chi connectivity index (χ1) is 13.2. The zero-order chi connectivity index (χ0) is 19.3. The molecule has 0 aromatic heterocycles. The van der Waals surface area contributed by atoms with E-state index in [2.05, 4.69) is 76.0 Å². The lowest BCUT2D eigenvalue weighted by Crippen LogP contribution is -2.80. The molecule has 3 rings (SSSR count). The lowest BCUT2D eigenvalue weighted by atomic mass is 10.2. The Morgan fingerprint density at radius 1 is 0.852 bits per heavy atom. The van der Waals surface area contributed by atoms with Gasteiger partial charge in [0.15, 0.2) is 0 Å². The van der Waals surface area contributed by atoms with Crippen LogP contribution in [0.5, 0.6) is 0 Å². The van der Waals surface area contributed by atoms with Gasteiger partial charge in [0.1, 0.15) is 13.1 Å². The van der Waals surface area contributed by atoms with E-state index >= 15 is 0 Å². The molecule has 3 aromatic rings. The van der Waals surface area contributed by atoms with Gasteiger partial charge in [-0.15, -0.1) is 0 Å². The molecule has 2 N–H and O–H groups in total. The standard InChI is InChI=1S/C14H15N.C7H5N3O2/c1-3-7-13(8-4-1)11-15-12-14-9-5-2-6-10-14;8-10-9-6-3-1-5(2-4-6)7(11)12/h1-10,15H,11-12H2;1-4H,(H,11,12). The van der Waals surface area contributed by atoms with E-state index < -0.39 is 5.97 Å². The number of carbonyl (C=O) groups excluding carboxylic acids is 1. The maximum absolute atomic E-state index is 10.3. The monoisotopic (exact) mass is 360 g/mol. The van der Waals surface area contributed by atoms with Gasteiger partial charge in [-0.1, -0.05) is 90.0 Å². The van der Waals surface area contributed by atoms with Crippen LogP contribution >= 0.6 is 0 Å². The Hall–Kier alpha value is -3.60. The normalized spacial score (nSPS) is 9.48. The fraction of sp³-hybridized carbons (Fsp3) is 0.0952. The third-order valence-corrected chi connectivity index (χ3v) is 3.71. The zero-order valence-corrected chi connectivity index (χ0v) is 14.7. The number of azide groups is 1. The molecule has 136 valence electrons. The summed E-state index contributed by atoms with van der Waals surface area (Å²) in [6.07, 6.45) is 0. The van der Waals surface area contributed by atoms with E-state index in [0.29, 0.717) is 5.69 Å². The van der Waals surface area contributed by atoms with Crippen LogP contribution in [-0.2, 0) is 13.1 Å². The highest BCUT2D eigenvalue weighted by Crippen LogP contribution is 2.12. The highest BCUT2D eigenvalue weighted by molar-refractivity contribution is 5.86. The third-order valence-electron chi connectivity index (χ3n) is 3.71. The van der Waals surface area contributed by atoms with Crippen LogP contribution in [0.1, 0.15) is 21.5 Å². The van der Waals surface area contributed by atoms with E-state index in [-0.39, 0.29) is 5.56 Å². The Bertz CT molecular complexity index is 815. The highest BCUT2D eigenvalue weighted by atomic mass is 16.4. The fourth-order valence-corrected chi connectivity index (χ4v) is 2.35. The minimum atomic E-state index is -1.25. The van der Waals surface area contributed by atoms with Crippen LogP contribution in [0.2, 0.25) is 0 Å². The van der Waals surface area contributed by atoms with Gasteiger partial charge >= 0.3 is 0 Å². The topological polar surface area (TPSA) is 106 Å². The molecule has 0 radical (unpaired) electrons. The van der Waals surface area contributed by atoms with Crippen molar-refractivity contribution in [3.63, 3.8) is 0 Å². The average Bonchev–Trinajstić information content (AvgIpc) is 2.71. The van der Waals surface area contributed by atoms with Gasteiger partial charge < -0.3 is 15.2 Å². The van der Waals surface area contributed by atoms with Gasteiger partial charge in [-0.25, -0.2) is 0 Å². The number of nitrogens with two attached hydrogens (primary N) is 1. The van der Waals surface area contributed by atoms with Crippen molar-refractivity contribution in [2.75, 3.05) is 0 Å². The van der Waals surface area contributed by atoms with Crippen molar-refractivity contribution in [1.29, 1.82) is 0 Å². The predicted molar refractivity (Wildman–Crippen MR) is 102 cm³/mol. The molecular weight excluding hydrogens is 340 g/mol. The Morgan fingerprint density at radius 3 is 1.74 bits per heavy atom. The van der Waals surface area contributed by atoms with Crippen molar-refractivity contribution in [3.8, 4) is 0 Å². The lowest BCUT2D eigenvalue weighted by Gasteiger charge is -2.01. The number of hydrogen-bond acceptors (Lipinski definition) is 3. The Balaban J connectivity index is 0.000000199. The van der Waals surface area contributed by atoms with Crippen molar-refractivity contribution in [1.82, 2.24) is 0 Å². The maximum atomic E-state index is 10.3. The molecule has 6 heteroatoms. The highest BCUT2D eigenvalue weighted by Gasteiger charge is 1.95. The van der Waals surface area contributed by atoms with Crippen LogP contribution in [-0.4, -0.2) is 5.97 Å². The largest absolute Gasteiger partial charge is 0.545 e. The Morgan fingerprint density at radius 2 is 1.33 bits per heavy atom. The molecular formula is C21H20N4O2. The lowest BCUT2D eigenvalue weighted by molar-refractivity contribution is -0.686. The molecule has 0 heterocycles. The molecule has 0 aliphatic heterocycles. The Kier molecular flexibility index (Phi) is 8.11. The van der Waals surface area contributed by atoms with E-state index in [1.165, 1.54) is 35.4 Å². The van der Waals surface area contributed by atoms with Crippen molar-refractivity contribution in [2.45, 2.75) is 13.1 Å². The molecule has 0 saturated carbocycles. The van der Waals surface area contributed by atoms with Gasteiger partial charge in [-0.3, -0.25) is 0 Å². The molecule has 27 heavy (non-hydrogen) atoms. The summed E-state index contributed by atoms with van der Waals surface area (Å²) in [6, 6.07) is 26.6. The number of hydrogen-bond donors (Lipinski definition) is 1. The first-order valence-electron chi connectivity index (χ1n) is 8.45. The van der Waals surface area contributed by atoms with Crippen LogP contribution in [0.4, 0.5) is 5.69 Å². The second kappa shape index (κ2) is 11.1. The second-order valence-corrected chi connectivity index (χ2v) is 5.69. The number of carboxylic acid groups (broad SMARTS) is 1. The van der Waals surface area contributed by atoms with E-state index in [4.69, 9.17) is 5.53 Å². The van der Waals surface area contributed by atoms with Crippen LogP contribution in [0.15, 0.2) is 90.0 Å². The summed E-state index contributed by atoms with van der Waals surface area (Å²) in [4.78, 5) is 12.8. The minimum Gasteiger partial charge on any atom is -0.545 e. The van der Waals surface area contributed by atoms with Gasteiger partial charge in [0.2, 0.25) is 0 Å². The molecule has 3 aromatic carbocycles. The number of carboxylic acids is 1. The summed E-state index contributed by atoms with van der Waals surface area (Å²) in [5.41, 5.74) is 11.2. The maximum Gasteiger partial charge on any atom is 0.101 e. The molecule has 0 bridgehead atoms. The fourth-order valence-electron chi connectivity index (χ4n) is 2.35. The van der Waals surface area contributed by atoms with Crippen LogP contribution < -0.4 is 10.4 Å². The number of nitrogens with zero attached hydrogens (tertiary/aromatic N) is 3. The first-order valence-corrected chi connectivity index (χ1v) is 8.45. The molecule has 0 atom stereocenters. The van der Waals surface area contributed by atoms with E-state index in [0.717, 1.165) is 13.1 Å². The number of aromatic carboxylic acids is 1. The van der Waals surface area contributed by atoms with Gasteiger partial charge in [0.25, 0.3) is 0 Å². The smallest absolute Gasteiger partial charge is 0.101 e. The van der Waals surface area contributed by atoms with Crippen molar-refractivity contribution < 1.29 is 15.2 Å². The van der Waals surface area contributed by atoms with Gasteiger partial charge in [-0.05, 0) is 11.1 Å². The molecule has 0 spiro atoms. The summed E-state index contributed by atoms with van der Waals surface area (Å²) in [6.45, 7) is 2.10. The molecule has 0 amide bonds. The van der Waals surface area contributed by atoms with Crippen molar-refractivity contribution >= 4 is 11.7 Å². The summed E-state index contributed by atoms with van der Waals surface area (Å²) in [5.74, 6) is -1.25. The third kappa shape index (κ3) is 7.44. The van der Waals surface area contributed by atoms with Crippen LogP contribution in [0, 0.1) is 0 Å². The van der Waals surface area contributed by atoms with Gasteiger partial charge in [0.05, 0.1) is 5.97 Å². The SMILES string of the molecule is [N-]=[N+]=Nc1ccc(C(=O)[O-])cc1.c1ccc(C[NH2+]Cc2ccccc2)cc1. The van der Waals surface area contributed by atoms with Gasteiger partial charge in [-0.2, -0.15) is 0 Å². The minimum absolute atomic E-state index is 0.0619. The average molecular weight is 360 g/mol. The van der Waals surface area contributed by atoms with Gasteiger partial charge in [0, 0.05) is 21.7 Å². The number of quaternary nitrogens is 1. The van der Waals surface area contributed by atoms with E-state index in [1.807, 2.05) is 0 Å². The zero-order valence-electron chi connectivity index (χ0n) is 14.7. The summed E-state index contributed by atoms with van der Waals surface area (Å²) >= 11 is 0. The molecule has 0 aliphatic rings. The number of rotatable bonds is 6. The number of carbonyl (C=O) groups is 1. The molecule has 0 unspecified atom stereocenters. The summed E-state index contributed by atoms with van der Waals surface area (Å²) in [5, 5.41) is 15.9. The van der Waals surface area contributed by atoms with Crippen molar-refractivity contribution in [2.24, 2.45) is 5.11 Å². The quantitative estimate of drug-likeness (QED) is 0.415. The number of benzene rings is 3. The van der Waals surface area contributed by atoms with E-state index in [9.17, 15) is 9.90 Å². The second-order valence-electron chi connectivity index (χ2n) is 5.69.